The lowest BCUT2D eigenvalue weighted by atomic mass is 10.2. The molecule has 0 aromatic heterocycles. The van der Waals surface area contributed by atoms with E-state index in [1.807, 2.05) is 0 Å². The van der Waals surface area contributed by atoms with E-state index in [0.29, 0.717) is 5.75 Å². The van der Waals surface area contributed by atoms with Crippen molar-refractivity contribution in [2.45, 2.75) is 23.4 Å². The molecule has 2 atom stereocenters. The summed E-state index contributed by atoms with van der Waals surface area (Å²) in [4.78, 5) is 16.6. The zero-order chi connectivity index (χ0) is 17.0. The highest BCUT2D eigenvalue weighted by Gasteiger charge is 2.44. The summed E-state index contributed by atoms with van der Waals surface area (Å²) in [6, 6.07) is 4.46. The Labute approximate surface area is 134 Å². The Morgan fingerprint density at radius 2 is 1.96 bits per heavy atom. The molecule has 9 nitrogen and oxygen atoms in total. The molecular formula is C13H19N3O6S. The summed E-state index contributed by atoms with van der Waals surface area (Å²) in [7, 11) is -1.03. The second kappa shape index (κ2) is 7.23. The summed E-state index contributed by atoms with van der Waals surface area (Å²) in [5.74, 6) is -0.267. The van der Waals surface area contributed by atoms with Crippen LogP contribution in [0.4, 0.5) is 0 Å². The molecule has 0 saturated carbocycles. The minimum atomic E-state index is -3.91. The maximum Gasteiger partial charge on any atom is 0.261 e. The van der Waals surface area contributed by atoms with Crippen LogP contribution >= 0.6 is 0 Å². The van der Waals surface area contributed by atoms with E-state index in [1.165, 1.54) is 44.0 Å². The van der Waals surface area contributed by atoms with Crippen LogP contribution in [-0.2, 0) is 19.7 Å². The molecule has 1 aliphatic heterocycles. The van der Waals surface area contributed by atoms with Gasteiger partial charge in [-0.2, -0.15) is 9.79 Å². The normalized spacial score (nSPS) is 22.0. The Morgan fingerprint density at radius 3 is 2.48 bits per heavy atom. The molecule has 1 saturated heterocycles. The lowest BCUT2D eigenvalue weighted by Gasteiger charge is -2.22. The summed E-state index contributed by atoms with van der Waals surface area (Å²) < 4.78 is 31.6. The third kappa shape index (κ3) is 3.62. The number of nitrogens with zero attached hydrogens (tertiary/aromatic N) is 1. The van der Waals surface area contributed by atoms with Gasteiger partial charge in [-0.1, -0.05) is 0 Å². The number of carbonyl (C=O) groups is 1. The van der Waals surface area contributed by atoms with Crippen LogP contribution in [0.2, 0.25) is 0 Å². The van der Waals surface area contributed by atoms with Crippen LogP contribution in [0.15, 0.2) is 29.2 Å². The molecule has 3 N–H and O–H groups in total. The maximum atomic E-state index is 12.8. The fourth-order valence-corrected chi connectivity index (χ4v) is 4.16. The van der Waals surface area contributed by atoms with Gasteiger partial charge in [0.25, 0.3) is 5.91 Å². The molecule has 0 spiro atoms. The number of amides is 1. The molecule has 1 aromatic carbocycles. The van der Waals surface area contributed by atoms with Crippen molar-refractivity contribution in [1.82, 2.24) is 15.3 Å². The van der Waals surface area contributed by atoms with Gasteiger partial charge in [-0.3, -0.25) is 10.0 Å². The van der Waals surface area contributed by atoms with Crippen LogP contribution in [0, 0.1) is 0 Å². The maximum absolute atomic E-state index is 12.8. The largest absolute Gasteiger partial charge is 0.497 e. The fourth-order valence-electron chi connectivity index (χ4n) is 2.52. The molecule has 23 heavy (non-hydrogen) atoms. The number of rotatable bonds is 6. The summed E-state index contributed by atoms with van der Waals surface area (Å²) in [5, 5.41) is 8.84. The topological polar surface area (TPSA) is 117 Å². The molecule has 1 fully saturated rings. The summed E-state index contributed by atoms with van der Waals surface area (Å²) in [5.41, 5.74) is 4.15. The molecule has 2 unspecified atom stereocenters. The van der Waals surface area contributed by atoms with E-state index in [4.69, 9.17) is 14.8 Å². The van der Waals surface area contributed by atoms with E-state index in [2.05, 4.69) is 5.48 Å². The first kappa shape index (κ1) is 17.6. The van der Waals surface area contributed by atoms with Crippen LogP contribution in [0.25, 0.3) is 0 Å². The lowest BCUT2D eigenvalue weighted by Crippen LogP contribution is -2.45. The van der Waals surface area contributed by atoms with Crippen LogP contribution in [0.1, 0.15) is 6.42 Å². The van der Waals surface area contributed by atoms with Crippen molar-refractivity contribution >= 4 is 15.9 Å². The SMILES string of the molecule is CONC1CC(C(=O)NO)N(S(=O)(=O)c2ccc(OC)cc2)C1. The van der Waals surface area contributed by atoms with Crippen molar-refractivity contribution in [2.24, 2.45) is 0 Å². The monoisotopic (exact) mass is 345 g/mol. The van der Waals surface area contributed by atoms with E-state index in [0.717, 1.165) is 4.31 Å². The van der Waals surface area contributed by atoms with Crippen molar-refractivity contribution in [3.63, 3.8) is 0 Å². The molecule has 1 aromatic rings. The minimum absolute atomic E-state index is 0.0344. The molecule has 128 valence electrons. The van der Waals surface area contributed by atoms with Gasteiger partial charge in [0.15, 0.2) is 0 Å². The Morgan fingerprint density at radius 1 is 1.30 bits per heavy atom. The Kier molecular flexibility index (Phi) is 5.55. The smallest absolute Gasteiger partial charge is 0.261 e. The average molecular weight is 345 g/mol. The molecular weight excluding hydrogens is 326 g/mol. The van der Waals surface area contributed by atoms with E-state index < -0.39 is 22.0 Å². The molecule has 2 rings (SSSR count). The fraction of sp³-hybridized carbons (Fsp3) is 0.462. The van der Waals surface area contributed by atoms with Gasteiger partial charge >= 0.3 is 0 Å². The number of sulfonamides is 1. The molecule has 0 radical (unpaired) electrons. The van der Waals surface area contributed by atoms with Crippen molar-refractivity contribution in [2.75, 3.05) is 20.8 Å². The highest BCUT2D eigenvalue weighted by molar-refractivity contribution is 7.89. The van der Waals surface area contributed by atoms with Gasteiger partial charge < -0.3 is 9.57 Å². The van der Waals surface area contributed by atoms with Crippen molar-refractivity contribution in [3.05, 3.63) is 24.3 Å². The predicted octanol–water partition coefficient (Wildman–Crippen LogP) is -0.517. The summed E-state index contributed by atoms with van der Waals surface area (Å²) in [6.45, 7) is 0.0420. The van der Waals surface area contributed by atoms with Gasteiger partial charge in [0.2, 0.25) is 10.0 Å². The van der Waals surface area contributed by atoms with E-state index in [1.54, 1.807) is 0 Å². The lowest BCUT2D eigenvalue weighted by molar-refractivity contribution is -0.132. The Balaban J connectivity index is 2.32. The Bertz CT molecular complexity index is 648. The molecule has 10 heteroatoms. The molecule has 1 amide bonds. The minimum Gasteiger partial charge on any atom is -0.497 e. The van der Waals surface area contributed by atoms with E-state index in [-0.39, 0.29) is 23.9 Å². The number of ether oxygens (including phenoxy) is 1. The first-order chi connectivity index (χ1) is 10.9. The number of hydrogen-bond donors (Lipinski definition) is 3. The van der Waals surface area contributed by atoms with Gasteiger partial charge in [-0.05, 0) is 30.7 Å². The molecule has 0 bridgehead atoms. The van der Waals surface area contributed by atoms with Gasteiger partial charge in [-0.25, -0.2) is 13.9 Å². The third-order valence-corrected chi connectivity index (χ3v) is 5.51. The predicted molar refractivity (Wildman–Crippen MR) is 79.2 cm³/mol. The van der Waals surface area contributed by atoms with Crippen LogP contribution in [0.5, 0.6) is 5.75 Å². The van der Waals surface area contributed by atoms with Gasteiger partial charge in [0, 0.05) is 12.6 Å². The number of hydrogen-bond acceptors (Lipinski definition) is 7. The Hall–Kier alpha value is -1.72. The number of hydroxylamine groups is 2. The van der Waals surface area contributed by atoms with Crippen LogP contribution in [-0.4, -0.2) is 56.7 Å². The van der Waals surface area contributed by atoms with Crippen molar-refractivity contribution in [1.29, 1.82) is 0 Å². The number of benzene rings is 1. The van der Waals surface area contributed by atoms with E-state index in [9.17, 15) is 13.2 Å². The number of nitrogens with one attached hydrogen (secondary N) is 2. The zero-order valence-electron chi connectivity index (χ0n) is 12.7. The highest BCUT2D eigenvalue weighted by atomic mass is 32.2. The summed E-state index contributed by atoms with van der Waals surface area (Å²) in [6.07, 6.45) is 0.176. The number of carbonyl (C=O) groups excluding carboxylic acids is 1. The van der Waals surface area contributed by atoms with Crippen LogP contribution < -0.4 is 15.7 Å². The number of methoxy groups -OCH3 is 1. The van der Waals surface area contributed by atoms with E-state index >= 15 is 0 Å². The van der Waals surface area contributed by atoms with Crippen molar-refractivity contribution < 1.29 is 28.0 Å². The zero-order valence-corrected chi connectivity index (χ0v) is 13.5. The third-order valence-electron chi connectivity index (χ3n) is 3.62. The van der Waals surface area contributed by atoms with Crippen LogP contribution in [0.3, 0.4) is 0 Å². The van der Waals surface area contributed by atoms with Gasteiger partial charge in [0.1, 0.15) is 11.8 Å². The second-order valence-corrected chi connectivity index (χ2v) is 6.89. The molecule has 0 aliphatic carbocycles. The summed E-state index contributed by atoms with van der Waals surface area (Å²) >= 11 is 0. The van der Waals surface area contributed by atoms with Crippen molar-refractivity contribution in [3.8, 4) is 5.75 Å². The molecule has 1 heterocycles. The average Bonchev–Trinajstić information content (AvgIpc) is 2.99. The second-order valence-electron chi connectivity index (χ2n) is 5.00. The first-order valence-electron chi connectivity index (χ1n) is 6.82. The van der Waals surface area contributed by atoms with Gasteiger partial charge in [-0.15, -0.1) is 0 Å². The molecule has 1 aliphatic rings. The first-order valence-corrected chi connectivity index (χ1v) is 8.26. The standard InChI is InChI=1S/C13H19N3O6S/c1-21-10-3-5-11(6-4-10)23(19,20)16-8-9(15-22-2)7-12(16)13(17)14-18/h3-6,9,12,15,18H,7-8H2,1-2H3,(H,14,17). The quantitative estimate of drug-likeness (QED) is 0.469. The highest BCUT2D eigenvalue weighted by Crippen LogP contribution is 2.27. The van der Waals surface area contributed by atoms with Gasteiger partial charge in [0.05, 0.1) is 19.1 Å².